The summed E-state index contributed by atoms with van der Waals surface area (Å²) >= 11 is 0. The van der Waals surface area contributed by atoms with Gasteiger partial charge in [0, 0.05) is 36.8 Å². The number of likely N-dealkylation sites (tertiary alicyclic amines) is 1. The van der Waals surface area contributed by atoms with Crippen molar-refractivity contribution in [2.75, 3.05) is 24.9 Å². The summed E-state index contributed by atoms with van der Waals surface area (Å²) in [6.45, 7) is 1.29. The lowest BCUT2D eigenvalue weighted by Crippen LogP contribution is -2.49. The Balaban J connectivity index is 1.38. The van der Waals surface area contributed by atoms with Crippen molar-refractivity contribution in [1.29, 1.82) is 0 Å². The van der Waals surface area contributed by atoms with Gasteiger partial charge in [-0.2, -0.15) is 0 Å². The topological polar surface area (TPSA) is 97.7 Å². The summed E-state index contributed by atoms with van der Waals surface area (Å²) in [5.74, 6) is -0.0388. The largest absolute Gasteiger partial charge is 0.497 e. The van der Waals surface area contributed by atoms with Crippen molar-refractivity contribution < 1.29 is 22.3 Å². The zero-order valence-corrected chi connectivity index (χ0v) is 19.8. The number of halogens is 1. The number of hydrogen-bond donors (Lipinski definition) is 1. The maximum absolute atomic E-state index is 13.2. The highest BCUT2D eigenvalue weighted by Gasteiger charge is 2.37. The molecule has 0 unspecified atom stereocenters. The van der Waals surface area contributed by atoms with Crippen LogP contribution in [0.1, 0.15) is 28.4 Å². The van der Waals surface area contributed by atoms with E-state index in [0.29, 0.717) is 30.9 Å². The van der Waals surface area contributed by atoms with E-state index < -0.39 is 21.4 Å². The number of hydrogen-bond acceptors (Lipinski definition) is 5. The summed E-state index contributed by atoms with van der Waals surface area (Å²) in [5.41, 5.74) is 0.763. The first-order valence-electron chi connectivity index (χ1n) is 11.2. The average molecular weight is 498 g/mol. The molecule has 10 heteroatoms. The van der Waals surface area contributed by atoms with E-state index in [0.717, 1.165) is 12.1 Å². The third kappa shape index (κ3) is 4.41. The molecule has 182 valence electrons. The molecule has 0 saturated carbocycles. The van der Waals surface area contributed by atoms with Crippen molar-refractivity contribution in [2.45, 2.75) is 23.8 Å². The lowest BCUT2D eigenvalue weighted by molar-refractivity contribution is 0.0594. The molecule has 1 fully saturated rings. The van der Waals surface area contributed by atoms with E-state index in [4.69, 9.17) is 4.74 Å². The van der Waals surface area contributed by atoms with E-state index in [-0.39, 0.29) is 28.3 Å². The second kappa shape index (κ2) is 8.84. The highest BCUT2D eigenvalue weighted by molar-refractivity contribution is 7.92. The fourth-order valence-corrected chi connectivity index (χ4v) is 5.98. The highest BCUT2D eigenvalue weighted by atomic mass is 32.2. The Morgan fingerprint density at radius 3 is 2.40 bits per heavy atom. The Morgan fingerprint density at radius 1 is 1.00 bits per heavy atom. The fraction of sp³-hybridized carbons (Fsp3) is 0.280. The third-order valence-electron chi connectivity index (χ3n) is 6.60. The lowest BCUT2D eigenvalue weighted by atomic mass is 9.83. The highest BCUT2D eigenvalue weighted by Crippen LogP contribution is 2.36. The summed E-state index contributed by atoms with van der Waals surface area (Å²) in [5, 5.41) is 0. The quantitative estimate of drug-likeness (QED) is 0.584. The van der Waals surface area contributed by atoms with E-state index in [1.165, 1.54) is 61.7 Å². The molecule has 2 bridgehead atoms. The first-order valence-corrected chi connectivity index (χ1v) is 12.7. The number of pyridine rings is 1. The van der Waals surface area contributed by atoms with E-state index >= 15 is 0 Å². The van der Waals surface area contributed by atoms with Crippen molar-refractivity contribution in [1.82, 2.24) is 9.47 Å². The van der Waals surface area contributed by atoms with Gasteiger partial charge < -0.3 is 14.2 Å². The Morgan fingerprint density at radius 2 is 1.71 bits per heavy atom. The standard InChI is InChI=1S/C25H24FN3O5S/c1-34-20-6-8-21(9-7-20)35(32,33)27-22-10-11-23-18-12-16(14-29(23)25(22)31)13-28(15-18)24(30)17-2-4-19(26)5-3-17/h2-11,16,18,27H,12-15H2,1H3/t16-,18+/m0/s1. The molecular weight excluding hydrogens is 473 g/mol. The lowest BCUT2D eigenvalue weighted by Gasteiger charge is -2.43. The minimum absolute atomic E-state index is 0.0206. The number of amides is 1. The number of nitrogens with zero attached hydrogens (tertiary/aromatic N) is 2. The second-order valence-corrected chi connectivity index (χ2v) is 10.6. The summed E-state index contributed by atoms with van der Waals surface area (Å²) in [6.07, 6.45) is 0.837. The number of methoxy groups -OCH3 is 1. The number of nitrogens with one attached hydrogen (secondary N) is 1. The number of ether oxygens (including phenoxy) is 1. The molecule has 0 radical (unpaired) electrons. The number of carbonyl (C=O) groups is 1. The molecule has 1 N–H and O–H groups in total. The van der Waals surface area contributed by atoms with Gasteiger partial charge >= 0.3 is 0 Å². The normalized spacial score (nSPS) is 19.1. The molecule has 5 rings (SSSR count). The average Bonchev–Trinajstić information content (AvgIpc) is 2.86. The molecule has 8 nitrogen and oxygen atoms in total. The van der Waals surface area contributed by atoms with Gasteiger partial charge in [-0.05, 0) is 73.0 Å². The van der Waals surface area contributed by atoms with Crippen LogP contribution < -0.4 is 15.0 Å². The van der Waals surface area contributed by atoms with E-state index in [1.807, 2.05) is 0 Å². The number of sulfonamides is 1. The zero-order chi connectivity index (χ0) is 24.7. The predicted molar refractivity (Wildman–Crippen MR) is 128 cm³/mol. The summed E-state index contributed by atoms with van der Waals surface area (Å²) in [4.78, 5) is 28.0. The minimum atomic E-state index is -3.96. The number of piperidine rings is 1. The van der Waals surface area contributed by atoms with Gasteiger partial charge in [0.05, 0.1) is 12.0 Å². The summed E-state index contributed by atoms with van der Waals surface area (Å²) in [6, 6.07) is 14.6. The van der Waals surface area contributed by atoms with Crippen LogP contribution in [0.4, 0.5) is 10.1 Å². The van der Waals surface area contributed by atoms with Crippen LogP contribution in [0.25, 0.3) is 0 Å². The van der Waals surface area contributed by atoms with Crippen molar-refractivity contribution >= 4 is 21.6 Å². The Hall–Kier alpha value is -3.66. The SMILES string of the molecule is COc1ccc(S(=O)(=O)Nc2ccc3n(c2=O)C[C@H]2C[C@@H]3CN(C(=O)c3ccc(F)cc3)C2)cc1. The molecule has 0 spiro atoms. The third-order valence-corrected chi connectivity index (χ3v) is 7.98. The molecule has 1 saturated heterocycles. The number of rotatable bonds is 5. The molecule has 2 aliphatic rings. The second-order valence-electron chi connectivity index (χ2n) is 8.88. The van der Waals surface area contributed by atoms with Crippen LogP contribution >= 0.6 is 0 Å². The molecule has 1 aromatic heterocycles. The van der Waals surface area contributed by atoms with E-state index in [1.54, 1.807) is 15.5 Å². The van der Waals surface area contributed by atoms with Gasteiger partial charge in [0.15, 0.2) is 0 Å². The minimum Gasteiger partial charge on any atom is -0.497 e. The van der Waals surface area contributed by atoms with Crippen LogP contribution in [0, 0.1) is 11.7 Å². The van der Waals surface area contributed by atoms with Crippen LogP contribution in [0.2, 0.25) is 0 Å². The van der Waals surface area contributed by atoms with Gasteiger partial charge in [-0.1, -0.05) is 0 Å². The first-order chi connectivity index (χ1) is 16.7. The number of anilines is 1. The van der Waals surface area contributed by atoms with Gasteiger partial charge in [0.2, 0.25) is 0 Å². The number of aromatic nitrogens is 1. The molecular formula is C25H24FN3O5S. The van der Waals surface area contributed by atoms with Crippen LogP contribution in [-0.2, 0) is 16.6 Å². The number of benzene rings is 2. The molecule has 3 aromatic rings. The molecule has 3 heterocycles. The predicted octanol–water partition coefficient (Wildman–Crippen LogP) is 3.06. The molecule has 0 aliphatic carbocycles. The first kappa shape index (κ1) is 23.1. The Bertz CT molecular complexity index is 1440. The number of carbonyl (C=O) groups excluding carboxylic acids is 1. The van der Waals surface area contributed by atoms with Crippen molar-refractivity contribution in [3.05, 3.63) is 88.1 Å². The summed E-state index contributed by atoms with van der Waals surface area (Å²) in [7, 11) is -2.47. The van der Waals surface area contributed by atoms with Gasteiger partial charge in [-0.15, -0.1) is 0 Å². The zero-order valence-electron chi connectivity index (χ0n) is 19.0. The van der Waals surface area contributed by atoms with Crippen molar-refractivity contribution in [3.8, 4) is 5.75 Å². The monoisotopic (exact) mass is 497 g/mol. The van der Waals surface area contributed by atoms with Gasteiger partial charge in [0.1, 0.15) is 17.3 Å². The van der Waals surface area contributed by atoms with Gasteiger partial charge in [0.25, 0.3) is 21.5 Å². The van der Waals surface area contributed by atoms with Crippen molar-refractivity contribution in [2.24, 2.45) is 5.92 Å². The maximum Gasteiger partial charge on any atom is 0.275 e. The molecule has 2 aliphatic heterocycles. The Kier molecular flexibility index (Phi) is 5.84. The van der Waals surface area contributed by atoms with Crippen LogP contribution in [0.3, 0.4) is 0 Å². The van der Waals surface area contributed by atoms with Crippen LogP contribution in [-0.4, -0.2) is 44.0 Å². The van der Waals surface area contributed by atoms with E-state index in [9.17, 15) is 22.4 Å². The Labute approximate surface area is 202 Å². The molecule has 2 aromatic carbocycles. The molecule has 1 amide bonds. The smallest absolute Gasteiger partial charge is 0.275 e. The molecule has 2 atom stereocenters. The number of fused-ring (bicyclic) bond motifs is 4. The van der Waals surface area contributed by atoms with E-state index in [2.05, 4.69) is 4.72 Å². The fourth-order valence-electron chi connectivity index (χ4n) is 4.92. The van der Waals surface area contributed by atoms with Gasteiger partial charge in [-0.3, -0.25) is 14.3 Å². The summed E-state index contributed by atoms with van der Waals surface area (Å²) < 4.78 is 48.0. The van der Waals surface area contributed by atoms with Gasteiger partial charge in [-0.25, -0.2) is 12.8 Å². The maximum atomic E-state index is 13.2. The van der Waals surface area contributed by atoms with Crippen LogP contribution in [0.5, 0.6) is 5.75 Å². The van der Waals surface area contributed by atoms with Crippen molar-refractivity contribution in [3.63, 3.8) is 0 Å². The molecule has 35 heavy (non-hydrogen) atoms. The van der Waals surface area contributed by atoms with Crippen LogP contribution in [0.15, 0.2) is 70.4 Å².